The zero-order valence-electron chi connectivity index (χ0n) is 16.0. The van der Waals surface area contributed by atoms with Crippen LogP contribution in [0.15, 0.2) is 55.2 Å². The number of carbonyl (C=O) groups is 1. The van der Waals surface area contributed by atoms with E-state index in [0.29, 0.717) is 31.7 Å². The zero-order valence-corrected chi connectivity index (χ0v) is 16.0. The van der Waals surface area contributed by atoms with E-state index < -0.39 is 0 Å². The third kappa shape index (κ3) is 3.10. The molecule has 29 heavy (non-hydrogen) atoms. The Morgan fingerprint density at radius 1 is 0.966 bits per heavy atom. The molecule has 0 saturated carbocycles. The van der Waals surface area contributed by atoms with Crippen LogP contribution in [0.25, 0.3) is 16.7 Å². The predicted octanol–water partition coefficient (Wildman–Crippen LogP) is 1.51. The van der Waals surface area contributed by atoms with E-state index in [1.165, 1.54) is 0 Å². The van der Waals surface area contributed by atoms with Gasteiger partial charge in [-0.05, 0) is 12.1 Å². The number of amides is 1. The molecule has 4 aromatic rings. The van der Waals surface area contributed by atoms with Gasteiger partial charge in [0.25, 0.3) is 5.91 Å². The number of rotatable bonds is 3. The first-order valence-electron chi connectivity index (χ1n) is 9.48. The van der Waals surface area contributed by atoms with E-state index >= 15 is 0 Å². The second-order valence-corrected chi connectivity index (χ2v) is 6.99. The monoisotopic (exact) mass is 388 g/mol. The molecule has 1 aromatic carbocycles. The Morgan fingerprint density at radius 3 is 2.55 bits per heavy atom. The predicted molar refractivity (Wildman–Crippen MR) is 108 cm³/mol. The van der Waals surface area contributed by atoms with Gasteiger partial charge >= 0.3 is 0 Å². The molecule has 0 aliphatic carbocycles. The van der Waals surface area contributed by atoms with Crippen molar-refractivity contribution in [2.75, 3.05) is 31.1 Å². The third-order valence-electron chi connectivity index (χ3n) is 5.23. The van der Waals surface area contributed by atoms with Crippen molar-refractivity contribution in [1.82, 2.24) is 34.4 Å². The Labute approximate surface area is 167 Å². The first-order chi connectivity index (χ1) is 14.2. The first kappa shape index (κ1) is 17.4. The smallest absolute Gasteiger partial charge is 0.257 e. The molecule has 1 aliphatic rings. The molecule has 1 amide bonds. The number of carbonyl (C=O) groups excluding carboxylic acids is 1. The van der Waals surface area contributed by atoms with Crippen molar-refractivity contribution in [2.24, 2.45) is 7.05 Å². The third-order valence-corrected chi connectivity index (χ3v) is 5.23. The lowest BCUT2D eigenvalue weighted by Crippen LogP contribution is -2.49. The van der Waals surface area contributed by atoms with E-state index in [1.54, 1.807) is 34.3 Å². The van der Waals surface area contributed by atoms with Gasteiger partial charge in [0.1, 0.15) is 12.1 Å². The molecule has 5 rings (SSSR count). The van der Waals surface area contributed by atoms with Gasteiger partial charge in [0.2, 0.25) is 0 Å². The number of hydrogen-bond acceptors (Lipinski definition) is 6. The molecule has 1 fully saturated rings. The van der Waals surface area contributed by atoms with Crippen LogP contribution >= 0.6 is 0 Å². The topological polar surface area (TPSA) is 85.0 Å². The Bertz CT molecular complexity index is 1160. The van der Waals surface area contributed by atoms with Crippen molar-refractivity contribution in [1.29, 1.82) is 0 Å². The molecule has 9 nitrogen and oxygen atoms in total. The molecule has 9 heteroatoms. The lowest BCUT2D eigenvalue weighted by atomic mass is 10.2. The molecule has 0 atom stereocenters. The number of aryl methyl sites for hydroxylation is 1. The fourth-order valence-electron chi connectivity index (χ4n) is 3.66. The summed E-state index contributed by atoms with van der Waals surface area (Å²) in [7, 11) is 1.87. The fourth-order valence-corrected chi connectivity index (χ4v) is 3.66. The van der Waals surface area contributed by atoms with Crippen molar-refractivity contribution >= 4 is 22.8 Å². The molecule has 146 valence electrons. The summed E-state index contributed by atoms with van der Waals surface area (Å²) in [6.45, 7) is 2.67. The number of aromatic nitrogens is 6. The van der Waals surface area contributed by atoms with Crippen LogP contribution in [0.1, 0.15) is 10.4 Å². The number of nitrogens with zero attached hydrogens (tertiary/aromatic N) is 8. The normalized spacial score (nSPS) is 14.5. The Kier molecular flexibility index (Phi) is 4.19. The van der Waals surface area contributed by atoms with Gasteiger partial charge in [-0.3, -0.25) is 9.48 Å². The summed E-state index contributed by atoms with van der Waals surface area (Å²) in [6.07, 6.45) is 6.77. The number of fused-ring (bicyclic) bond motifs is 1. The molecule has 0 bridgehead atoms. The minimum absolute atomic E-state index is 0.000966. The molecule has 0 radical (unpaired) electrons. The Balaban J connectivity index is 1.29. The maximum Gasteiger partial charge on any atom is 0.257 e. The van der Waals surface area contributed by atoms with Crippen molar-refractivity contribution in [3.05, 3.63) is 60.8 Å². The van der Waals surface area contributed by atoms with E-state index in [0.717, 1.165) is 22.5 Å². The van der Waals surface area contributed by atoms with Crippen LogP contribution in [0.2, 0.25) is 0 Å². The van der Waals surface area contributed by atoms with E-state index in [2.05, 4.69) is 25.1 Å². The van der Waals surface area contributed by atoms with E-state index in [1.807, 2.05) is 42.3 Å². The molecule has 4 heterocycles. The second-order valence-electron chi connectivity index (χ2n) is 6.99. The van der Waals surface area contributed by atoms with Crippen molar-refractivity contribution in [3.8, 4) is 5.69 Å². The average Bonchev–Trinajstić information content (AvgIpc) is 3.42. The highest BCUT2D eigenvalue weighted by Crippen LogP contribution is 2.23. The number of para-hydroxylation sites is 1. The highest BCUT2D eigenvalue weighted by Gasteiger charge is 2.25. The Morgan fingerprint density at radius 2 is 1.76 bits per heavy atom. The first-order valence-corrected chi connectivity index (χ1v) is 9.48. The van der Waals surface area contributed by atoms with Crippen molar-refractivity contribution in [3.63, 3.8) is 0 Å². The molecule has 3 aromatic heterocycles. The second kappa shape index (κ2) is 7.01. The van der Waals surface area contributed by atoms with Crippen LogP contribution in [0, 0.1) is 0 Å². The van der Waals surface area contributed by atoms with Gasteiger partial charge in [0.15, 0.2) is 5.65 Å². The summed E-state index contributed by atoms with van der Waals surface area (Å²) < 4.78 is 3.47. The molecule has 1 aliphatic heterocycles. The highest BCUT2D eigenvalue weighted by atomic mass is 16.2. The highest BCUT2D eigenvalue weighted by molar-refractivity contribution is 5.94. The van der Waals surface area contributed by atoms with Gasteiger partial charge in [-0.1, -0.05) is 18.2 Å². The van der Waals surface area contributed by atoms with Crippen LogP contribution in [0.4, 0.5) is 5.82 Å². The van der Waals surface area contributed by atoms with Crippen LogP contribution in [0.5, 0.6) is 0 Å². The van der Waals surface area contributed by atoms with Crippen LogP contribution in [-0.2, 0) is 7.05 Å². The molecule has 0 unspecified atom stereocenters. The number of hydrogen-bond donors (Lipinski definition) is 0. The number of piperazine rings is 1. The minimum atomic E-state index is 0.000966. The lowest BCUT2D eigenvalue weighted by Gasteiger charge is -2.35. The van der Waals surface area contributed by atoms with E-state index in [4.69, 9.17) is 0 Å². The summed E-state index contributed by atoms with van der Waals surface area (Å²) in [5, 5.41) is 9.54. The minimum Gasteiger partial charge on any atom is -0.352 e. The van der Waals surface area contributed by atoms with Crippen molar-refractivity contribution < 1.29 is 4.79 Å². The molecule has 0 N–H and O–H groups in total. The summed E-state index contributed by atoms with van der Waals surface area (Å²) in [5.41, 5.74) is 2.33. The maximum absolute atomic E-state index is 12.9. The summed E-state index contributed by atoms with van der Waals surface area (Å²) in [5.74, 6) is 0.869. The van der Waals surface area contributed by atoms with Gasteiger partial charge in [-0.2, -0.15) is 10.2 Å². The quantitative estimate of drug-likeness (QED) is 0.529. The van der Waals surface area contributed by atoms with E-state index in [9.17, 15) is 4.79 Å². The van der Waals surface area contributed by atoms with Crippen LogP contribution in [0.3, 0.4) is 0 Å². The average molecular weight is 388 g/mol. The van der Waals surface area contributed by atoms with Crippen molar-refractivity contribution in [2.45, 2.75) is 0 Å². The largest absolute Gasteiger partial charge is 0.352 e. The van der Waals surface area contributed by atoms with Crippen LogP contribution < -0.4 is 4.90 Å². The molecular formula is C20H20N8O. The van der Waals surface area contributed by atoms with E-state index in [-0.39, 0.29) is 5.91 Å². The molecule has 0 spiro atoms. The number of anilines is 1. The lowest BCUT2D eigenvalue weighted by molar-refractivity contribution is 0.0746. The molecule has 1 saturated heterocycles. The summed E-state index contributed by atoms with van der Waals surface area (Å²) in [6, 6.07) is 9.77. The van der Waals surface area contributed by atoms with Gasteiger partial charge in [0.05, 0.1) is 29.0 Å². The van der Waals surface area contributed by atoms with Gasteiger partial charge < -0.3 is 9.80 Å². The summed E-state index contributed by atoms with van der Waals surface area (Å²) in [4.78, 5) is 25.7. The SMILES string of the molecule is Cn1ncc2c(N3CCN(C(=O)c4cnn(-c5ccccc5)c4)CC3)ncnc21. The van der Waals surface area contributed by atoms with Crippen LogP contribution in [-0.4, -0.2) is 66.5 Å². The maximum atomic E-state index is 12.9. The van der Waals surface area contributed by atoms with Gasteiger partial charge in [0, 0.05) is 39.4 Å². The summed E-state index contributed by atoms with van der Waals surface area (Å²) >= 11 is 0. The standard InChI is InChI=1S/C20H20N8O/c1-25-18-17(12-23-25)19(22-14-21-18)26-7-9-27(10-8-26)20(29)15-11-24-28(13-15)16-5-3-2-4-6-16/h2-6,11-14H,7-10H2,1H3. The van der Waals surface area contributed by atoms with Gasteiger partial charge in [-0.15, -0.1) is 0 Å². The Hall–Kier alpha value is -3.75. The van der Waals surface area contributed by atoms with Gasteiger partial charge in [-0.25, -0.2) is 14.6 Å². The zero-order chi connectivity index (χ0) is 19.8. The fraction of sp³-hybridized carbons (Fsp3) is 0.250. The number of benzene rings is 1. The molecular weight excluding hydrogens is 368 g/mol.